The highest BCUT2D eigenvalue weighted by atomic mass is 32.2. The quantitative estimate of drug-likeness (QED) is 0.550. The van der Waals surface area contributed by atoms with E-state index in [2.05, 4.69) is 5.32 Å². The molecule has 0 fully saturated rings. The molecule has 0 heterocycles. The van der Waals surface area contributed by atoms with E-state index in [9.17, 15) is 13.2 Å². The predicted octanol–water partition coefficient (Wildman–Crippen LogP) is 3.00. The van der Waals surface area contributed by atoms with E-state index in [1.807, 2.05) is 31.2 Å². The summed E-state index contributed by atoms with van der Waals surface area (Å²) >= 11 is 0. The van der Waals surface area contributed by atoms with Crippen molar-refractivity contribution in [1.29, 1.82) is 0 Å². The fraction of sp³-hybridized carbons (Fsp3) is 0.409. The van der Waals surface area contributed by atoms with Gasteiger partial charge in [0.2, 0.25) is 10.0 Å². The maximum absolute atomic E-state index is 12.3. The second-order valence-electron chi connectivity index (χ2n) is 6.92. The number of benzene rings is 2. The largest absolute Gasteiger partial charge is 0.494 e. The summed E-state index contributed by atoms with van der Waals surface area (Å²) < 4.78 is 35.6. The molecular weight excluding hydrogens is 404 g/mol. The zero-order valence-electron chi connectivity index (χ0n) is 17.9. The lowest BCUT2D eigenvalue weighted by atomic mass is 10.1. The first-order valence-corrected chi connectivity index (χ1v) is 11.8. The van der Waals surface area contributed by atoms with Crippen LogP contribution >= 0.6 is 0 Å². The van der Waals surface area contributed by atoms with Crippen molar-refractivity contribution in [1.82, 2.24) is 5.32 Å². The van der Waals surface area contributed by atoms with Gasteiger partial charge < -0.3 is 14.8 Å². The average molecular weight is 435 g/mol. The molecule has 164 valence electrons. The average Bonchev–Trinajstić information content (AvgIpc) is 2.71. The number of sulfonamides is 1. The van der Waals surface area contributed by atoms with E-state index >= 15 is 0 Å². The molecule has 0 aliphatic carbocycles. The molecule has 1 atom stereocenters. The van der Waals surface area contributed by atoms with Crippen LogP contribution in [0.4, 0.5) is 5.69 Å². The van der Waals surface area contributed by atoms with Gasteiger partial charge in [0.05, 0.1) is 18.6 Å². The first-order valence-electron chi connectivity index (χ1n) is 9.91. The van der Waals surface area contributed by atoms with Crippen LogP contribution in [0.5, 0.6) is 11.5 Å². The maximum atomic E-state index is 12.3. The zero-order chi connectivity index (χ0) is 22.1. The van der Waals surface area contributed by atoms with Gasteiger partial charge in [-0.2, -0.15) is 0 Å². The molecular formula is C22H30N2O5S. The number of hydrogen-bond acceptors (Lipinski definition) is 5. The molecule has 2 rings (SSSR count). The topological polar surface area (TPSA) is 84.9 Å². The van der Waals surface area contributed by atoms with Gasteiger partial charge in [0.25, 0.3) is 5.91 Å². The van der Waals surface area contributed by atoms with Gasteiger partial charge in [-0.3, -0.25) is 9.10 Å². The summed E-state index contributed by atoms with van der Waals surface area (Å²) in [6, 6.07) is 14.5. The number of aryl methyl sites for hydroxylation is 1. The third kappa shape index (κ3) is 6.95. The summed E-state index contributed by atoms with van der Waals surface area (Å²) in [6.45, 7) is 4.78. The Balaban J connectivity index is 1.80. The zero-order valence-corrected chi connectivity index (χ0v) is 18.7. The van der Waals surface area contributed by atoms with Crippen LogP contribution in [0, 0.1) is 0 Å². The molecule has 1 unspecified atom stereocenters. The van der Waals surface area contributed by atoms with Crippen molar-refractivity contribution in [2.24, 2.45) is 0 Å². The molecule has 30 heavy (non-hydrogen) atoms. The van der Waals surface area contributed by atoms with Gasteiger partial charge in [0.15, 0.2) is 6.10 Å². The molecule has 0 aliphatic rings. The summed E-state index contributed by atoms with van der Waals surface area (Å²) in [4.78, 5) is 12.3. The van der Waals surface area contributed by atoms with Crippen LogP contribution in [0.3, 0.4) is 0 Å². The Morgan fingerprint density at radius 1 is 1.13 bits per heavy atom. The second-order valence-corrected chi connectivity index (χ2v) is 8.93. The molecule has 1 N–H and O–H groups in total. The molecule has 2 aromatic rings. The molecule has 0 aromatic heterocycles. The van der Waals surface area contributed by atoms with Gasteiger partial charge in [-0.25, -0.2) is 8.42 Å². The Kier molecular flexibility index (Phi) is 8.53. The number of nitrogens with zero attached hydrogens (tertiary/aromatic N) is 1. The molecule has 1 amide bonds. The van der Waals surface area contributed by atoms with Gasteiger partial charge in [-0.1, -0.05) is 18.2 Å². The first kappa shape index (κ1) is 23.5. The molecule has 0 aliphatic heterocycles. The van der Waals surface area contributed by atoms with E-state index in [0.29, 0.717) is 24.6 Å². The summed E-state index contributed by atoms with van der Waals surface area (Å²) in [6.07, 6.45) is 2.06. The van der Waals surface area contributed by atoms with Gasteiger partial charge in [-0.05, 0) is 62.6 Å². The minimum Gasteiger partial charge on any atom is -0.494 e. The van der Waals surface area contributed by atoms with Crippen molar-refractivity contribution in [3.63, 3.8) is 0 Å². The number of nitrogens with one attached hydrogen (secondary N) is 1. The standard InChI is InChI=1S/C22H30N2O5S/c1-5-28-21-11-7-6-9-18(21)10-8-16-23-22(25)17(2)29-20-14-12-19(13-15-20)24(3)30(4,26)27/h6-7,9,11-15,17H,5,8,10,16H2,1-4H3,(H,23,25). The Morgan fingerprint density at radius 3 is 2.43 bits per heavy atom. The van der Waals surface area contributed by atoms with E-state index in [4.69, 9.17) is 9.47 Å². The molecule has 7 nitrogen and oxygen atoms in total. The minimum atomic E-state index is -3.32. The van der Waals surface area contributed by atoms with Crippen molar-refractivity contribution in [2.45, 2.75) is 32.8 Å². The Labute approximate surface area is 179 Å². The first-order chi connectivity index (χ1) is 14.2. The van der Waals surface area contributed by atoms with Crippen LogP contribution in [-0.2, 0) is 21.2 Å². The Morgan fingerprint density at radius 2 is 1.80 bits per heavy atom. The third-order valence-corrected chi connectivity index (χ3v) is 5.78. The summed E-state index contributed by atoms with van der Waals surface area (Å²) in [5, 5.41) is 2.88. The van der Waals surface area contributed by atoms with Crippen molar-refractivity contribution in [2.75, 3.05) is 30.8 Å². The van der Waals surface area contributed by atoms with E-state index < -0.39 is 16.1 Å². The number of para-hydroxylation sites is 1. The van der Waals surface area contributed by atoms with Crippen LogP contribution < -0.4 is 19.1 Å². The van der Waals surface area contributed by atoms with Crippen LogP contribution in [0.2, 0.25) is 0 Å². The maximum Gasteiger partial charge on any atom is 0.260 e. The molecule has 8 heteroatoms. The number of rotatable bonds is 11. The predicted molar refractivity (Wildman–Crippen MR) is 119 cm³/mol. The molecule has 2 aromatic carbocycles. The minimum absolute atomic E-state index is 0.203. The van der Waals surface area contributed by atoms with Gasteiger partial charge in [0.1, 0.15) is 11.5 Å². The fourth-order valence-corrected chi connectivity index (χ4v) is 3.33. The van der Waals surface area contributed by atoms with Crippen LogP contribution in [-0.4, -0.2) is 46.9 Å². The summed E-state index contributed by atoms with van der Waals surface area (Å²) in [7, 11) is -1.84. The SMILES string of the molecule is CCOc1ccccc1CCCNC(=O)C(C)Oc1ccc(N(C)S(C)(=O)=O)cc1. The highest BCUT2D eigenvalue weighted by Crippen LogP contribution is 2.21. The second kappa shape index (κ2) is 10.9. The number of amides is 1. The van der Waals surface area contributed by atoms with Crippen LogP contribution in [0.25, 0.3) is 0 Å². The van der Waals surface area contributed by atoms with E-state index in [-0.39, 0.29) is 5.91 Å². The summed E-state index contributed by atoms with van der Waals surface area (Å²) in [5.41, 5.74) is 1.64. The van der Waals surface area contributed by atoms with Crippen molar-refractivity contribution < 1.29 is 22.7 Å². The van der Waals surface area contributed by atoms with Crippen LogP contribution in [0.1, 0.15) is 25.8 Å². The van der Waals surface area contributed by atoms with Gasteiger partial charge in [0, 0.05) is 13.6 Å². The fourth-order valence-electron chi connectivity index (χ4n) is 2.82. The highest BCUT2D eigenvalue weighted by molar-refractivity contribution is 7.92. The highest BCUT2D eigenvalue weighted by Gasteiger charge is 2.15. The van der Waals surface area contributed by atoms with E-state index in [1.54, 1.807) is 31.2 Å². The van der Waals surface area contributed by atoms with E-state index in [1.165, 1.54) is 11.4 Å². The lowest BCUT2D eigenvalue weighted by Gasteiger charge is -2.18. The number of hydrogen-bond donors (Lipinski definition) is 1. The molecule has 0 saturated carbocycles. The van der Waals surface area contributed by atoms with Crippen molar-refractivity contribution >= 4 is 21.6 Å². The molecule has 0 spiro atoms. The number of carbonyl (C=O) groups is 1. The number of carbonyl (C=O) groups excluding carboxylic acids is 1. The Bertz CT molecular complexity index is 929. The number of ether oxygens (including phenoxy) is 2. The molecule has 0 radical (unpaired) electrons. The number of anilines is 1. The van der Waals surface area contributed by atoms with E-state index in [0.717, 1.165) is 30.4 Å². The molecule has 0 saturated heterocycles. The lowest BCUT2D eigenvalue weighted by molar-refractivity contribution is -0.127. The van der Waals surface area contributed by atoms with Crippen LogP contribution in [0.15, 0.2) is 48.5 Å². The normalized spacial score (nSPS) is 12.1. The van der Waals surface area contributed by atoms with Gasteiger partial charge >= 0.3 is 0 Å². The summed E-state index contributed by atoms with van der Waals surface area (Å²) in [5.74, 6) is 1.17. The lowest BCUT2D eigenvalue weighted by Crippen LogP contribution is -2.37. The third-order valence-electron chi connectivity index (χ3n) is 4.57. The van der Waals surface area contributed by atoms with Crippen molar-refractivity contribution in [3.05, 3.63) is 54.1 Å². The van der Waals surface area contributed by atoms with Gasteiger partial charge in [-0.15, -0.1) is 0 Å². The Hall–Kier alpha value is -2.74. The molecule has 0 bridgehead atoms. The monoisotopic (exact) mass is 434 g/mol. The smallest absolute Gasteiger partial charge is 0.260 e. The van der Waals surface area contributed by atoms with Crippen molar-refractivity contribution in [3.8, 4) is 11.5 Å².